The van der Waals surface area contributed by atoms with Gasteiger partial charge in [-0.05, 0) is 49.3 Å². The summed E-state index contributed by atoms with van der Waals surface area (Å²) in [5, 5.41) is 17.2. The van der Waals surface area contributed by atoms with Gasteiger partial charge in [0.2, 0.25) is 0 Å². The SMILES string of the molecule is CC(O)CC(CNC1CCCNc2ccccc21)c1ccccc1. The second-order valence-corrected chi connectivity index (χ2v) is 6.81. The molecule has 1 aliphatic rings. The molecular formula is C21H28N2O. The summed E-state index contributed by atoms with van der Waals surface area (Å²) < 4.78 is 0. The number of nitrogens with one attached hydrogen (secondary N) is 2. The lowest BCUT2D eigenvalue weighted by molar-refractivity contribution is 0.172. The van der Waals surface area contributed by atoms with Crippen LogP contribution in [-0.2, 0) is 0 Å². The maximum Gasteiger partial charge on any atom is 0.0518 e. The van der Waals surface area contributed by atoms with E-state index in [9.17, 15) is 5.11 Å². The predicted octanol–water partition coefficient (Wildman–Crippen LogP) is 4.08. The van der Waals surface area contributed by atoms with Gasteiger partial charge in [0.15, 0.2) is 0 Å². The normalized spacial score (nSPS) is 19.7. The molecule has 3 nitrogen and oxygen atoms in total. The van der Waals surface area contributed by atoms with Crippen molar-refractivity contribution < 1.29 is 5.11 Å². The smallest absolute Gasteiger partial charge is 0.0518 e. The van der Waals surface area contributed by atoms with Crippen LogP contribution in [0.4, 0.5) is 5.69 Å². The fourth-order valence-corrected chi connectivity index (χ4v) is 3.62. The summed E-state index contributed by atoms with van der Waals surface area (Å²) in [6.45, 7) is 3.79. The molecule has 0 amide bonds. The van der Waals surface area contributed by atoms with Crippen LogP contribution in [0.15, 0.2) is 54.6 Å². The maximum atomic E-state index is 9.89. The molecule has 2 aromatic rings. The minimum absolute atomic E-state index is 0.292. The Morgan fingerprint density at radius 2 is 1.88 bits per heavy atom. The van der Waals surface area contributed by atoms with Gasteiger partial charge in [-0.1, -0.05) is 48.5 Å². The van der Waals surface area contributed by atoms with Crippen molar-refractivity contribution in [1.29, 1.82) is 0 Å². The molecular weight excluding hydrogens is 296 g/mol. The lowest BCUT2D eigenvalue weighted by atomic mass is 9.92. The molecule has 0 fully saturated rings. The third kappa shape index (κ3) is 4.37. The minimum Gasteiger partial charge on any atom is -0.393 e. The number of fused-ring (bicyclic) bond motifs is 1. The molecule has 0 spiro atoms. The number of hydrogen-bond donors (Lipinski definition) is 3. The number of benzene rings is 2. The Morgan fingerprint density at radius 3 is 2.67 bits per heavy atom. The number of para-hydroxylation sites is 1. The Kier molecular flexibility index (Phi) is 5.89. The van der Waals surface area contributed by atoms with E-state index < -0.39 is 0 Å². The number of aliphatic hydroxyl groups excluding tert-OH is 1. The van der Waals surface area contributed by atoms with Crippen LogP contribution in [0.25, 0.3) is 0 Å². The maximum absolute atomic E-state index is 9.89. The van der Waals surface area contributed by atoms with Gasteiger partial charge in [0.25, 0.3) is 0 Å². The van der Waals surface area contributed by atoms with Crippen LogP contribution < -0.4 is 10.6 Å². The van der Waals surface area contributed by atoms with Gasteiger partial charge in [-0.3, -0.25) is 0 Å². The van der Waals surface area contributed by atoms with Crippen molar-refractivity contribution in [2.75, 3.05) is 18.4 Å². The Morgan fingerprint density at radius 1 is 1.12 bits per heavy atom. The van der Waals surface area contributed by atoms with Crippen LogP contribution in [0.5, 0.6) is 0 Å². The summed E-state index contributed by atoms with van der Waals surface area (Å²) in [4.78, 5) is 0. The molecule has 0 radical (unpaired) electrons. The van der Waals surface area contributed by atoms with E-state index >= 15 is 0 Å². The first-order chi connectivity index (χ1) is 11.7. The second-order valence-electron chi connectivity index (χ2n) is 6.81. The summed E-state index contributed by atoms with van der Waals surface area (Å²) >= 11 is 0. The molecule has 3 heteroatoms. The lowest BCUT2D eigenvalue weighted by Gasteiger charge is -2.24. The van der Waals surface area contributed by atoms with Crippen LogP contribution in [0.3, 0.4) is 0 Å². The first-order valence-electron chi connectivity index (χ1n) is 9.03. The number of hydrogen-bond acceptors (Lipinski definition) is 3. The zero-order chi connectivity index (χ0) is 16.8. The van der Waals surface area contributed by atoms with Gasteiger partial charge < -0.3 is 15.7 Å². The molecule has 1 heterocycles. The Hall–Kier alpha value is -1.84. The molecule has 3 N–H and O–H groups in total. The summed E-state index contributed by atoms with van der Waals surface area (Å²) in [6.07, 6.45) is 2.79. The van der Waals surface area contributed by atoms with Crippen LogP contribution in [0.2, 0.25) is 0 Å². The molecule has 0 saturated carbocycles. The van der Waals surface area contributed by atoms with Gasteiger partial charge in [0, 0.05) is 24.8 Å². The third-order valence-electron chi connectivity index (χ3n) is 4.83. The van der Waals surface area contributed by atoms with Gasteiger partial charge in [-0.15, -0.1) is 0 Å². The highest BCUT2D eigenvalue weighted by Crippen LogP contribution is 2.30. The van der Waals surface area contributed by atoms with Gasteiger partial charge >= 0.3 is 0 Å². The predicted molar refractivity (Wildman–Crippen MR) is 100 cm³/mol. The zero-order valence-corrected chi connectivity index (χ0v) is 14.4. The fraction of sp³-hybridized carbons (Fsp3) is 0.429. The molecule has 0 aliphatic carbocycles. The topological polar surface area (TPSA) is 44.3 Å². The molecule has 2 aromatic carbocycles. The molecule has 0 saturated heterocycles. The fourth-order valence-electron chi connectivity index (χ4n) is 3.62. The van der Waals surface area contributed by atoms with E-state index in [1.165, 1.54) is 23.2 Å². The van der Waals surface area contributed by atoms with E-state index in [2.05, 4.69) is 59.2 Å². The summed E-state index contributed by atoms with van der Waals surface area (Å²) in [5.41, 5.74) is 3.91. The van der Waals surface area contributed by atoms with Gasteiger partial charge in [0.1, 0.15) is 0 Å². The third-order valence-corrected chi connectivity index (χ3v) is 4.83. The molecule has 0 aromatic heterocycles. The Labute approximate surface area is 145 Å². The van der Waals surface area contributed by atoms with E-state index in [-0.39, 0.29) is 6.10 Å². The van der Waals surface area contributed by atoms with Crippen molar-refractivity contribution in [1.82, 2.24) is 5.32 Å². The molecule has 3 atom stereocenters. The Bertz CT molecular complexity index is 627. The Balaban J connectivity index is 1.72. The molecule has 0 bridgehead atoms. The summed E-state index contributed by atoms with van der Waals surface area (Å²) in [7, 11) is 0. The van der Waals surface area contributed by atoms with Crippen LogP contribution in [0, 0.1) is 0 Å². The molecule has 24 heavy (non-hydrogen) atoms. The molecule has 3 rings (SSSR count). The quantitative estimate of drug-likeness (QED) is 0.750. The standard InChI is InChI=1S/C21H28N2O/c1-16(24)14-18(17-8-3-2-4-9-17)15-23-21-12-7-13-22-20-11-6-5-10-19(20)21/h2-6,8-11,16,18,21-24H,7,12-15H2,1H3. The average Bonchev–Trinajstić information content (AvgIpc) is 2.81. The first-order valence-corrected chi connectivity index (χ1v) is 9.03. The lowest BCUT2D eigenvalue weighted by Crippen LogP contribution is -2.28. The van der Waals surface area contributed by atoms with E-state index in [4.69, 9.17) is 0 Å². The first kappa shape index (κ1) is 17.0. The molecule has 128 valence electrons. The zero-order valence-electron chi connectivity index (χ0n) is 14.4. The van der Waals surface area contributed by atoms with E-state index in [0.29, 0.717) is 12.0 Å². The number of aliphatic hydroxyl groups is 1. The monoisotopic (exact) mass is 324 g/mol. The summed E-state index contributed by atoms with van der Waals surface area (Å²) in [5.74, 6) is 0.328. The van der Waals surface area contributed by atoms with Crippen molar-refractivity contribution in [3.63, 3.8) is 0 Å². The van der Waals surface area contributed by atoms with E-state index in [1.54, 1.807) is 0 Å². The summed E-state index contributed by atoms with van der Waals surface area (Å²) in [6, 6.07) is 19.5. The highest BCUT2D eigenvalue weighted by Gasteiger charge is 2.20. The van der Waals surface area contributed by atoms with Gasteiger partial charge in [0.05, 0.1) is 6.10 Å². The minimum atomic E-state index is -0.292. The van der Waals surface area contributed by atoms with Gasteiger partial charge in [-0.25, -0.2) is 0 Å². The number of rotatable bonds is 6. The highest BCUT2D eigenvalue weighted by molar-refractivity contribution is 5.53. The number of anilines is 1. The largest absolute Gasteiger partial charge is 0.393 e. The molecule has 1 aliphatic heterocycles. The van der Waals surface area contributed by atoms with Crippen LogP contribution in [0.1, 0.15) is 49.3 Å². The average molecular weight is 324 g/mol. The van der Waals surface area contributed by atoms with E-state index in [0.717, 1.165) is 25.9 Å². The van der Waals surface area contributed by atoms with E-state index in [1.807, 2.05) is 13.0 Å². The van der Waals surface area contributed by atoms with Crippen molar-refractivity contribution >= 4 is 5.69 Å². The van der Waals surface area contributed by atoms with Crippen molar-refractivity contribution in [3.05, 3.63) is 65.7 Å². The van der Waals surface area contributed by atoms with Crippen molar-refractivity contribution in [2.45, 2.75) is 44.2 Å². The highest BCUT2D eigenvalue weighted by atomic mass is 16.3. The van der Waals surface area contributed by atoms with Crippen molar-refractivity contribution in [3.8, 4) is 0 Å². The second kappa shape index (κ2) is 8.32. The molecule has 3 unspecified atom stereocenters. The van der Waals surface area contributed by atoms with Crippen molar-refractivity contribution in [2.24, 2.45) is 0 Å². The van der Waals surface area contributed by atoms with Crippen LogP contribution in [-0.4, -0.2) is 24.3 Å². The van der Waals surface area contributed by atoms with Crippen LogP contribution >= 0.6 is 0 Å². The van der Waals surface area contributed by atoms with Gasteiger partial charge in [-0.2, -0.15) is 0 Å².